The third-order valence-electron chi connectivity index (χ3n) is 4.88. The molecule has 0 unspecified atom stereocenters. The Hall–Kier alpha value is -2.74. The molecule has 0 spiro atoms. The van der Waals surface area contributed by atoms with Crippen molar-refractivity contribution in [3.8, 4) is 11.5 Å². The first-order chi connectivity index (χ1) is 14.1. The van der Waals surface area contributed by atoms with E-state index in [0.717, 1.165) is 17.4 Å². The van der Waals surface area contributed by atoms with Crippen LogP contribution in [0.25, 0.3) is 0 Å². The average molecular weight is 435 g/mol. The van der Waals surface area contributed by atoms with E-state index in [4.69, 9.17) is 9.47 Å². The minimum absolute atomic E-state index is 0.325. The average Bonchev–Trinajstić information content (AvgIpc) is 2.71. The van der Waals surface area contributed by atoms with E-state index in [9.17, 15) is 13.2 Å². The predicted molar refractivity (Wildman–Crippen MR) is 119 cm³/mol. The van der Waals surface area contributed by atoms with Crippen molar-refractivity contribution in [2.24, 2.45) is 0 Å². The lowest BCUT2D eigenvalue weighted by atomic mass is 10.1. The molecule has 0 aliphatic rings. The number of carbonyl (C=O) groups is 1. The number of nitrogens with zero attached hydrogens (tertiary/aromatic N) is 1. The van der Waals surface area contributed by atoms with Gasteiger partial charge in [-0.1, -0.05) is 30.7 Å². The van der Waals surface area contributed by atoms with Crippen LogP contribution in [0.2, 0.25) is 0 Å². The maximum Gasteiger partial charge on any atom is 0.244 e. The number of sulfonamides is 1. The molecule has 2 aromatic carbocycles. The number of anilines is 1. The molecule has 164 valence electrons. The number of carbonyl (C=O) groups excluding carboxylic acids is 1. The molecule has 0 aliphatic carbocycles. The molecule has 2 rings (SSSR count). The molecule has 1 amide bonds. The van der Waals surface area contributed by atoms with Gasteiger partial charge in [-0.2, -0.15) is 0 Å². The quantitative estimate of drug-likeness (QED) is 0.654. The van der Waals surface area contributed by atoms with Gasteiger partial charge in [0.05, 0.1) is 32.2 Å². The molecule has 0 fully saturated rings. The highest BCUT2D eigenvalue weighted by atomic mass is 32.2. The normalized spacial score (nSPS) is 13.3. The molecule has 8 heteroatoms. The molecule has 0 heterocycles. The van der Waals surface area contributed by atoms with Crippen molar-refractivity contribution < 1.29 is 22.7 Å². The van der Waals surface area contributed by atoms with Crippen molar-refractivity contribution in [1.29, 1.82) is 0 Å². The van der Waals surface area contributed by atoms with Crippen LogP contribution in [0, 0.1) is 6.92 Å². The maximum atomic E-state index is 13.1. The Kier molecular flexibility index (Phi) is 7.72. The standard InChI is InChI=1S/C22H30N2O5S/c1-7-19(24(30(6,26)27)18-11-8-15(2)9-12-18)22(25)23-16(3)17-10-13-20(28-4)21(14-17)29-5/h8-14,16,19H,7H2,1-6H3,(H,23,25)/t16-,19+/m0/s1. The van der Waals surface area contributed by atoms with Gasteiger partial charge in [-0.25, -0.2) is 8.42 Å². The minimum Gasteiger partial charge on any atom is -0.493 e. The van der Waals surface area contributed by atoms with Crippen LogP contribution in [-0.2, 0) is 14.8 Å². The highest BCUT2D eigenvalue weighted by Crippen LogP contribution is 2.30. The zero-order valence-electron chi connectivity index (χ0n) is 18.3. The first kappa shape index (κ1) is 23.5. The highest BCUT2D eigenvalue weighted by molar-refractivity contribution is 7.92. The first-order valence-electron chi connectivity index (χ1n) is 9.70. The van der Waals surface area contributed by atoms with Gasteiger partial charge in [0, 0.05) is 0 Å². The van der Waals surface area contributed by atoms with Crippen LogP contribution in [0.15, 0.2) is 42.5 Å². The molecule has 0 aliphatic heterocycles. The monoisotopic (exact) mass is 434 g/mol. The Morgan fingerprint density at radius 3 is 2.17 bits per heavy atom. The van der Waals surface area contributed by atoms with Crippen molar-refractivity contribution >= 4 is 21.6 Å². The van der Waals surface area contributed by atoms with Gasteiger partial charge < -0.3 is 14.8 Å². The van der Waals surface area contributed by atoms with Gasteiger partial charge in [-0.3, -0.25) is 9.10 Å². The third-order valence-corrected chi connectivity index (χ3v) is 6.06. The maximum absolute atomic E-state index is 13.1. The smallest absolute Gasteiger partial charge is 0.244 e. The van der Waals surface area contributed by atoms with Crippen molar-refractivity contribution in [2.45, 2.75) is 39.3 Å². The molecule has 0 aromatic heterocycles. The van der Waals surface area contributed by atoms with Gasteiger partial charge in [0.15, 0.2) is 11.5 Å². The second kappa shape index (κ2) is 9.84. The lowest BCUT2D eigenvalue weighted by Crippen LogP contribution is -2.49. The molecule has 2 aromatic rings. The Labute approximate surface area is 179 Å². The van der Waals surface area contributed by atoms with Gasteiger partial charge in [-0.05, 0) is 50.1 Å². The molecule has 30 heavy (non-hydrogen) atoms. The minimum atomic E-state index is -3.67. The lowest BCUT2D eigenvalue weighted by Gasteiger charge is -2.31. The van der Waals surface area contributed by atoms with E-state index < -0.39 is 16.1 Å². The molecule has 0 radical (unpaired) electrons. The topological polar surface area (TPSA) is 84.9 Å². The number of hydrogen-bond acceptors (Lipinski definition) is 5. The summed E-state index contributed by atoms with van der Waals surface area (Å²) in [6, 6.07) is 11.2. The second-order valence-electron chi connectivity index (χ2n) is 7.16. The van der Waals surface area contributed by atoms with Crippen molar-refractivity contribution in [2.75, 3.05) is 24.8 Å². The van der Waals surface area contributed by atoms with Crippen LogP contribution in [0.3, 0.4) is 0 Å². The summed E-state index contributed by atoms with van der Waals surface area (Å²) in [5.41, 5.74) is 2.28. The second-order valence-corrected chi connectivity index (χ2v) is 9.02. The number of nitrogens with one attached hydrogen (secondary N) is 1. The predicted octanol–water partition coefficient (Wildman–Crippen LogP) is 3.43. The molecule has 0 saturated heterocycles. The summed E-state index contributed by atoms with van der Waals surface area (Å²) < 4.78 is 36.9. The van der Waals surface area contributed by atoms with Gasteiger partial charge in [-0.15, -0.1) is 0 Å². The molecule has 2 atom stereocenters. The fourth-order valence-electron chi connectivity index (χ4n) is 3.27. The van der Waals surface area contributed by atoms with E-state index in [2.05, 4.69) is 5.32 Å². The molecule has 1 N–H and O–H groups in total. The summed E-state index contributed by atoms with van der Waals surface area (Å²) in [6.45, 7) is 5.55. The number of methoxy groups -OCH3 is 2. The van der Waals surface area contributed by atoms with E-state index in [1.54, 1.807) is 45.4 Å². The number of ether oxygens (including phenoxy) is 2. The first-order valence-corrected chi connectivity index (χ1v) is 11.6. The van der Waals surface area contributed by atoms with Gasteiger partial charge in [0.25, 0.3) is 0 Å². The summed E-state index contributed by atoms with van der Waals surface area (Å²) in [4.78, 5) is 13.1. The van der Waals surface area contributed by atoms with Crippen LogP contribution >= 0.6 is 0 Å². The van der Waals surface area contributed by atoms with E-state index in [1.807, 2.05) is 32.0 Å². The number of benzene rings is 2. The Bertz CT molecular complexity index is 974. The van der Waals surface area contributed by atoms with Crippen LogP contribution in [-0.4, -0.2) is 40.8 Å². The fraction of sp³-hybridized carbons (Fsp3) is 0.409. The number of rotatable bonds is 9. The molecule has 0 bridgehead atoms. The largest absolute Gasteiger partial charge is 0.493 e. The molecule has 7 nitrogen and oxygen atoms in total. The van der Waals surface area contributed by atoms with Crippen LogP contribution in [0.1, 0.15) is 37.4 Å². The van der Waals surface area contributed by atoms with Crippen molar-refractivity contribution in [1.82, 2.24) is 5.32 Å². The van der Waals surface area contributed by atoms with Crippen LogP contribution in [0.4, 0.5) is 5.69 Å². The number of hydrogen-bond donors (Lipinski definition) is 1. The van der Waals surface area contributed by atoms with Crippen molar-refractivity contribution in [3.63, 3.8) is 0 Å². The SMILES string of the molecule is CC[C@H](C(=O)N[C@@H](C)c1ccc(OC)c(OC)c1)N(c1ccc(C)cc1)S(C)(=O)=O. The van der Waals surface area contributed by atoms with E-state index >= 15 is 0 Å². The Morgan fingerprint density at radius 1 is 1.07 bits per heavy atom. The number of amides is 1. The zero-order valence-corrected chi connectivity index (χ0v) is 19.1. The van der Waals surface area contributed by atoms with E-state index in [-0.39, 0.29) is 11.9 Å². The Balaban J connectivity index is 2.30. The van der Waals surface area contributed by atoms with E-state index in [0.29, 0.717) is 23.6 Å². The Morgan fingerprint density at radius 2 is 1.67 bits per heavy atom. The van der Waals surface area contributed by atoms with E-state index in [1.165, 1.54) is 4.31 Å². The van der Waals surface area contributed by atoms with Crippen LogP contribution < -0.4 is 19.1 Å². The summed E-state index contributed by atoms with van der Waals surface area (Å²) >= 11 is 0. The zero-order chi connectivity index (χ0) is 22.5. The van der Waals surface area contributed by atoms with Gasteiger partial charge in [0.2, 0.25) is 15.9 Å². The molecular formula is C22H30N2O5S. The third kappa shape index (κ3) is 5.44. The lowest BCUT2D eigenvalue weighted by molar-refractivity contribution is -0.122. The molecule has 0 saturated carbocycles. The summed E-state index contributed by atoms with van der Waals surface area (Å²) in [5, 5.41) is 2.93. The fourth-order valence-corrected chi connectivity index (χ4v) is 4.48. The van der Waals surface area contributed by atoms with Crippen LogP contribution in [0.5, 0.6) is 11.5 Å². The van der Waals surface area contributed by atoms with Gasteiger partial charge in [0.1, 0.15) is 6.04 Å². The molecular weight excluding hydrogens is 404 g/mol. The van der Waals surface area contributed by atoms with Gasteiger partial charge >= 0.3 is 0 Å². The van der Waals surface area contributed by atoms with Crippen molar-refractivity contribution in [3.05, 3.63) is 53.6 Å². The summed E-state index contributed by atoms with van der Waals surface area (Å²) in [5.74, 6) is 0.778. The summed E-state index contributed by atoms with van der Waals surface area (Å²) in [6.07, 6.45) is 1.44. The number of aryl methyl sites for hydroxylation is 1. The summed E-state index contributed by atoms with van der Waals surface area (Å²) in [7, 11) is -0.571. The highest BCUT2D eigenvalue weighted by Gasteiger charge is 2.32.